The average Bonchev–Trinajstić information content (AvgIpc) is 2.86. The standard InChI is InChI=1S/C25H34N4O7S2/c1-17(30)28-20(25(35)36)10-11-22(31)29-21(24(34)27-14-23(32)33)15-38-19-9-6-8-18(13-19)7-4-2-3-5-12-26-16-37/h6,8-9,13,20-21H,2-5,7,10-12,14-15H2,1H3,(H,27,34)(H,28,30)(H,29,31)(H,32,33)(H,35,36)/t20-,21-/m0/s1. The predicted molar refractivity (Wildman–Crippen MR) is 146 cm³/mol. The van der Waals surface area contributed by atoms with E-state index in [9.17, 15) is 29.1 Å². The third-order valence-corrected chi connectivity index (χ3v) is 6.48. The summed E-state index contributed by atoms with van der Waals surface area (Å²) >= 11 is 5.88. The van der Waals surface area contributed by atoms with Gasteiger partial charge in [0, 0.05) is 30.5 Å². The monoisotopic (exact) mass is 566 g/mol. The first-order valence-corrected chi connectivity index (χ1v) is 13.6. The lowest BCUT2D eigenvalue weighted by Gasteiger charge is -2.19. The molecule has 0 heterocycles. The van der Waals surface area contributed by atoms with E-state index in [0.717, 1.165) is 42.6 Å². The average molecular weight is 567 g/mol. The van der Waals surface area contributed by atoms with Gasteiger partial charge in [-0.2, -0.15) is 0 Å². The van der Waals surface area contributed by atoms with Gasteiger partial charge in [-0.3, -0.25) is 19.2 Å². The van der Waals surface area contributed by atoms with E-state index in [1.54, 1.807) is 0 Å². The summed E-state index contributed by atoms with van der Waals surface area (Å²) in [5.41, 5.74) is 1.14. The van der Waals surface area contributed by atoms with Crippen LogP contribution in [0.25, 0.3) is 0 Å². The summed E-state index contributed by atoms with van der Waals surface area (Å²) < 4.78 is 0. The van der Waals surface area contributed by atoms with Gasteiger partial charge >= 0.3 is 11.9 Å². The van der Waals surface area contributed by atoms with Gasteiger partial charge in [-0.25, -0.2) is 9.79 Å². The minimum atomic E-state index is -1.28. The summed E-state index contributed by atoms with van der Waals surface area (Å²) in [5.74, 6) is -4.18. The number of aliphatic imine (C=N–C) groups is 1. The maximum atomic E-state index is 12.6. The molecule has 0 aliphatic rings. The van der Waals surface area contributed by atoms with Crippen LogP contribution in [0, 0.1) is 0 Å². The van der Waals surface area contributed by atoms with E-state index in [0.29, 0.717) is 6.54 Å². The van der Waals surface area contributed by atoms with E-state index in [4.69, 9.17) is 5.11 Å². The van der Waals surface area contributed by atoms with Crippen LogP contribution in [0.3, 0.4) is 0 Å². The topological polar surface area (TPSA) is 174 Å². The van der Waals surface area contributed by atoms with Crippen molar-refractivity contribution in [3.8, 4) is 0 Å². The molecule has 5 N–H and O–H groups in total. The summed E-state index contributed by atoms with van der Waals surface area (Å²) in [6.07, 6.45) is 4.58. The van der Waals surface area contributed by atoms with Gasteiger partial charge in [0.1, 0.15) is 18.6 Å². The fourth-order valence-electron chi connectivity index (χ4n) is 3.40. The molecule has 0 fully saturated rings. The SMILES string of the molecule is CC(=O)N[C@@H](CCC(=O)N[C@@H](CSc1cccc(CCCCCCN=C=S)c1)C(=O)NCC(=O)O)C(=O)O. The molecule has 3 amide bonds. The number of carboxylic acid groups (broad SMARTS) is 2. The second kappa shape index (κ2) is 18.9. The highest BCUT2D eigenvalue weighted by molar-refractivity contribution is 7.99. The Morgan fingerprint density at radius 2 is 1.79 bits per heavy atom. The molecule has 2 atom stereocenters. The molecule has 0 aromatic heterocycles. The van der Waals surface area contributed by atoms with E-state index in [1.807, 2.05) is 24.3 Å². The fraction of sp³-hybridized carbons (Fsp3) is 0.520. The molecular weight excluding hydrogens is 532 g/mol. The summed E-state index contributed by atoms with van der Waals surface area (Å²) in [6, 6.07) is 5.55. The number of hydrogen-bond donors (Lipinski definition) is 5. The normalized spacial score (nSPS) is 11.9. The van der Waals surface area contributed by atoms with Gasteiger partial charge in [0.05, 0.1) is 5.16 Å². The number of amides is 3. The maximum absolute atomic E-state index is 12.6. The van der Waals surface area contributed by atoms with Gasteiger partial charge in [-0.1, -0.05) is 25.0 Å². The lowest BCUT2D eigenvalue weighted by Crippen LogP contribution is -2.49. The smallest absolute Gasteiger partial charge is 0.326 e. The van der Waals surface area contributed by atoms with Gasteiger partial charge < -0.3 is 26.2 Å². The van der Waals surface area contributed by atoms with Crippen molar-refractivity contribution < 1.29 is 34.2 Å². The Balaban J connectivity index is 2.70. The summed E-state index contributed by atoms with van der Waals surface area (Å²) in [5, 5.41) is 27.5. The van der Waals surface area contributed by atoms with Crippen LogP contribution in [0.4, 0.5) is 0 Å². The van der Waals surface area contributed by atoms with Gasteiger partial charge in [0.2, 0.25) is 17.7 Å². The molecule has 0 saturated heterocycles. The number of hydrogen-bond acceptors (Lipinski definition) is 8. The highest BCUT2D eigenvalue weighted by atomic mass is 32.2. The predicted octanol–water partition coefficient (Wildman–Crippen LogP) is 2.04. The Morgan fingerprint density at radius 1 is 1.05 bits per heavy atom. The zero-order valence-electron chi connectivity index (χ0n) is 21.2. The highest BCUT2D eigenvalue weighted by Gasteiger charge is 2.24. The molecule has 0 saturated carbocycles. The molecule has 1 rings (SSSR count). The van der Waals surface area contributed by atoms with Crippen molar-refractivity contribution in [3.63, 3.8) is 0 Å². The lowest BCUT2D eigenvalue weighted by molar-refractivity contribution is -0.142. The van der Waals surface area contributed by atoms with Crippen molar-refractivity contribution in [1.29, 1.82) is 0 Å². The Morgan fingerprint density at radius 3 is 2.45 bits per heavy atom. The molecule has 1 aromatic rings. The molecule has 0 bridgehead atoms. The summed E-state index contributed by atoms with van der Waals surface area (Å²) in [7, 11) is 0. The van der Waals surface area contributed by atoms with Crippen molar-refractivity contribution in [2.24, 2.45) is 4.99 Å². The molecule has 38 heavy (non-hydrogen) atoms. The van der Waals surface area contributed by atoms with Gasteiger partial charge in [-0.05, 0) is 55.6 Å². The number of carbonyl (C=O) groups excluding carboxylic acids is 3. The van der Waals surface area contributed by atoms with E-state index in [1.165, 1.54) is 18.7 Å². The molecule has 13 heteroatoms. The zero-order chi connectivity index (χ0) is 28.3. The number of nitrogens with zero attached hydrogens (tertiary/aromatic N) is 1. The number of carboxylic acids is 2. The number of aliphatic carboxylic acids is 2. The van der Waals surface area contributed by atoms with E-state index in [-0.39, 0.29) is 18.6 Å². The second-order valence-corrected chi connectivity index (χ2v) is 9.73. The number of aryl methyl sites for hydroxylation is 1. The third kappa shape index (κ3) is 15.1. The Kier molecular flexibility index (Phi) is 16.3. The number of nitrogens with one attached hydrogen (secondary N) is 3. The van der Waals surface area contributed by atoms with Crippen molar-refractivity contribution in [2.45, 2.75) is 68.8 Å². The second-order valence-electron chi connectivity index (χ2n) is 8.46. The molecule has 1 aromatic carbocycles. The summed E-state index contributed by atoms with van der Waals surface area (Å²) in [6.45, 7) is 1.26. The first-order chi connectivity index (χ1) is 18.1. The third-order valence-electron chi connectivity index (χ3n) is 5.27. The minimum Gasteiger partial charge on any atom is -0.480 e. The minimum absolute atomic E-state index is 0.134. The highest BCUT2D eigenvalue weighted by Crippen LogP contribution is 2.21. The lowest BCUT2D eigenvalue weighted by atomic mass is 10.1. The first kappa shape index (κ1) is 32.7. The first-order valence-electron chi connectivity index (χ1n) is 12.2. The number of unbranched alkanes of at least 4 members (excludes halogenated alkanes) is 3. The number of rotatable bonds is 19. The largest absolute Gasteiger partial charge is 0.480 e. The molecule has 0 aliphatic carbocycles. The molecule has 0 unspecified atom stereocenters. The quantitative estimate of drug-likeness (QED) is 0.0726. The fourth-order valence-corrected chi connectivity index (χ4v) is 4.50. The molecule has 0 aliphatic heterocycles. The Labute approximate surface area is 231 Å². The van der Waals surface area contributed by atoms with Crippen molar-refractivity contribution in [3.05, 3.63) is 29.8 Å². The maximum Gasteiger partial charge on any atom is 0.326 e. The van der Waals surface area contributed by atoms with Crippen molar-refractivity contribution in [1.82, 2.24) is 16.0 Å². The molecular formula is C25H34N4O7S2. The van der Waals surface area contributed by atoms with Gasteiger partial charge in [0.15, 0.2) is 0 Å². The van der Waals surface area contributed by atoms with Crippen LogP contribution in [-0.4, -0.2) is 76.0 Å². The molecule has 0 spiro atoms. The van der Waals surface area contributed by atoms with Crippen LogP contribution in [0.1, 0.15) is 51.0 Å². The number of isothiocyanates is 1. The number of thiocarbonyl (C=S) groups is 1. The van der Waals surface area contributed by atoms with Crippen LogP contribution in [0.2, 0.25) is 0 Å². The van der Waals surface area contributed by atoms with E-state index < -0.39 is 48.3 Å². The Hall–Kier alpha value is -3.28. The number of carbonyl (C=O) groups is 5. The van der Waals surface area contributed by atoms with E-state index >= 15 is 0 Å². The van der Waals surface area contributed by atoms with Gasteiger partial charge in [-0.15, -0.1) is 11.8 Å². The van der Waals surface area contributed by atoms with Crippen LogP contribution >= 0.6 is 24.0 Å². The number of benzene rings is 1. The van der Waals surface area contributed by atoms with Crippen LogP contribution < -0.4 is 16.0 Å². The molecule has 11 nitrogen and oxygen atoms in total. The van der Waals surface area contributed by atoms with Gasteiger partial charge in [0.25, 0.3) is 0 Å². The Bertz CT molecular complexity index is 1020. The van der Waals surface area contributed by atoms with Crippen molar-refractivity contribution >= 4 is 58.8 Å². The number of thioether (sulfide) groups is 1. The van der Waals surface area contributed by atoms with Crippen LogP contribution in [0.15, 0.2) is 34.2 Å². The van der Waals surface area contributed by atoms with Crippen LogP contribution in [0.5, 0.6) is 0 Å². The van der Waals surface area contributed by atoms with Crippen molar-refractivity contribution in [2.75, 3.05) is 18.8 Å². The van der Waals surface area contributed by atoms with Crippen LogP contribution in [-0.2, 0) is 30.4 Å². The van der Waals surface area contributed by atoms with E-state index in [2.05, 4.69) is 38.3 Å². The summed E-state index contributed by atoms with van der Waals surface area (Å²) in [4.78, 5) is 63.1. The zero-order valence-corrected chi connectivity index (χ0v) is 22.9. The molecule has 0 radical (unpaired) electrons. The molecule has 208 valence electrons.